The molecule has 29 heavy (non-hydrogen) atoms. The number of carbonyl (C=O) groups excluding carboxylic acids is 1. The quantitative estimate of drug-likeness (QED) is 0.657. The number of hydrogen-bond donors (Lipinski definition) is 0. The lowest BCUT2D eigenvalue weighted by Gasteiger charge is -2.41. The summed E-state index contributed by atoms with van der Waals surface area (Å²) in [5, 5.41) is 14.7. The first-order valence-electron chi connectivity index (χ1n) is 9.52. The molecule has 0 N–H and O–H groups in total. The standard InChI is InChI=1S/C23H19F2N3O/c24-18-9-7-16(21(25)14-18)13-23(29)28-12-4-3-11-27(28)22-10-8-17(15-26)19-5-1-2-6-20(19)22/h1-2,5-10,14H,3-4,11-13H2. The number of hydrazine groups is 1. The molecule has 4 nitrogen and oxygen atoms in total. The first-order valence-corrected chi connectivity index (χ1v) is 9.52. The van der Waals surface area contributed by atoms with Crippen LogP contribution in [0, 0.1) is 23.0 Å². The van der Waals surface area contributed by atoms with Gasteiger partial charge in [-0.2, -0.15) is 5.26 Å². The fourth-order valence-corrected chi connectivity index (χ4v) is 3.80. The Balaban J connectivity index is 1.69. The molecule has 146 valence electrons. The number of nitrogens with zero attached hydrogens (tertiary/aromatic N) is 3. The summed E-state index contributed by atoms with van der Waals surface area (Å²) in [5.41, 5.74) is 1.59. The molecular weight excluding hydrogens is 372 g/mol. The largest absolute Gasteiger partial charge is 0.282 e. The minimum absolute atomic E-state index is 0.142. The summed E-state index contributed by atoms with van der Waals surface area (Å²) in [5.74, 6) is -1.63. The van der Waals surface area contributed by atoms with Gasteiger partial charge in [0.2, 0.25) is 5.91 Å². The van der Waals surface area contributed by atoms with Crippen LogP contribution in [0.4, 0.5) is 14.5 Å². The molecule has 0 spiro atoms. The molecule has 4 rings (SSSR count). The van der Waals surface area contributed by atoms with Crippen molar-refractivity contribution in [3.63, 3.8) is 0 Å². The predicted octanol–water partition coefficient (Wildman–Crippen LogP) is 4.58. The number of benzene rings is 3. The molecule has 0 unspecified atom stereocenters. The lowest BCUT2D eigenvalue weighted by molar-refractivity contribution is -0.132. The van der Waals surface area contributed by atoms with Crippen molar-refractivity contribution in [1.82, 2.24) is 5.01 Å². The number of anilines is 1. The van der Waals surface area contributed by atoms with E-state index in [1.165, 1.54) is 6.07 Å². The lowest BCUT2D eigenvalue weighted by Crippen LogP contribution is -2.51. The third kappa shape index (κ3) is 3.64. The smallest absolute Gasteiger partial charge is 0.245 e. The monoisotopic (exact) mass is 391 g/mol. The molecule has 0 aromatic heterocycles. The van der Waals surface area contributed by atoms with Gasteiger partial charge in [-0.15, -0.1) is 0 Å². The van der Waals surface area contributed by atoms with Crippen molar-refractivity contribution < 1.29 is 13.6 Å². The van der Waals surface area contributed by atoms with Gasteiger partial charge in [-0.25, -0.2) is 8.78 Å². The maximum atomic E-state index is 14.0. The van der Waals surface area contributed by atoms with Crippen molar-refractivity contribution in [2.24, 2.45) is 0 Å². The summed E-state index contributed by atoms with van der Waals surface area (Å²) in [6.07, 6.45) is 1.63. The van der Waals surface area contributed by atoms with E-state index < -0.39 is 11.6 Å². The van der Waals surface area contributed by atoms with Gasteiger partial charge in [0.05, 0.1) is 23.7 Å². The highest BCUT2D eigenvalue weighted by Gasteiger charge is 2.27. The molecule has 0 radical (unpaired) electrons. The van der Waals surface area contributed by atoms with Crippen LogP contribution in [0.15, 0.2) is 54.6 Å². The van der Waals surface area contributed by atoms with Crippen LogP contribution < -0.4 is 5.01 Å². The van der Waals surface area contributed by atoms with Gasteiger partial charge in [0.1, 0.15) is 11.6 Å². The van der Waals surface area contributed by atoms with Crippen LogP contribution in [0.1, 0.15) is 24.0 Å². The van der Waals surface area contributed by atoms with Crippen molar-refractivity contribution in [1.29, 1.82) is 5.26 Å². The summed E-state index contributed by atoms with van der Waals surface area (Å²) in [6.45, 7) is 1.17. The van der Waals surface area contributed by atoms with E-state index in [1.807, 2.05) is 35.3 Å². The minimum atomic E-state index is -0.717. The van der Waals surface area contributed by atoms with Crippen LogP contribution in [0.25, 0.3) is 10.8 Å². The topological polar surface area (TPSA) is 47.3 Å². The Morgan fingerprint density at radius 2 is 1.76 bits per heavy atom. The average molecular weight is 391 g/mol. The van der Waals surface area contributed by atoms with Gasteiger partial charge in [-0.3, -0.25) is 14.8 Å². The molecule has 1 amide bonds. The Hall–Kier alpha value is -3.46. The predicted molar refractivity (Wildman–Crippen MR) is 107 cm³/mol. The molecule has 6 heteroatoms. The molecule has 1 heterocycles. The Labute approximate surface area is 167 Å². The van der Waals surface area contributed by atoms with E-state index in [-0.39, 0.29) is 17.9 Å². The second-order valence-electron chi connectivity index (χ2n) is 7.05. The van der Waals surface area contributed by atoms with E-state index in [9.17, 15) is 18.8 Å². The van der Waals surface area contributed by atoms with E-state index in [0.29, 0.717) is 18.7 Å². The number of rotatable bonds is 3. The van der Waals surface area contributed by atoms with Gasteiger partial charge in [0, 0.05) is 29.9 Å². The van der Waals surface area contributed by atoms with E-state index in [1.54, 1.807) is 11.1 Å². The summed E-state index contributed by atoms with van der Waals surface area (Å²) in [4.78, 5) is 13.0. The SMILES string of the molecule is N#Cc1ccc(N2CCCCN2C(=O)Cc2ccc(F)cc2F)c2ccccc12. The molecule has 0 atom stereocenters. The molecule has 1 saturated heterocycles. The summed E-state index contributed by atoms with van der Waals surface area (Å²) < 4.78 is 27.2. The van der Waals surface area contributed by atoms with Crippen LogP contribution in [0.3, 0.4) is 0 Å². The Morgan fingerprint density at radius 1 is 1.00 bits per heavy atom. The number of nitriles is 1. The maximum absolute atomic E-state index is 14.0. The lowest BCUT2D eigenvalue weighted by atomic mass is 10.0. The fraction of sp³-hybridized carbons (Fsp3) is 0.217. The molecule has 3 aromatic carbocycles. The van der Waals surface area contributed by atoms with Crippen molar-refractivity contribution in [3.05, 3.63) is 77.4 Å². The van der Waals surface area contributed by atoms with Gasteiger partial charge in [0.25, 0.3) is 0 Å². The second-order valence-corrected chi connectivity index (χ2v) is 7.05. The van der Waals surface area contributed by atoms with Gasteiger partial charge in [-0.05, 0) is 36.6 Å². The van der Waals surface area contributed by atoms with E-state index in [2.05, 4.69) is 6.07 Å². The molecule has 0 saturated carbocycles. The fourth-order valence-electron chi connectivity index (χ4n) is 3.80. The minimum Gasteiger partial charge on any atom is -0.282 e. The second kappa shape index (κ2) is 7.88. The average Bonchev–Trinajstić information content (AvgIpc) is 2.75. The van der Waals surface area contributed by atoms with Crippen molar-refractivity contribution in [2.45, 2.75) is 19.3 Å². The van der Waals surface area contributed by atoms with Crippen LogP contribution in [-0.4, -0.2) is 24.0 Å². The van der Waals surface area contributed by atoms with Gasteiger partial charge < -0.3 is 0 Å². The van der Waals surface area contributed by atoms with Crippen LogP contribution in [-0.2, 0) is 11.2 Å². The highest BCUT2D eigenvalue weighted by molar-refractivity contribution is 5.98. The van der Waals surface area contributed by atoms with Gasteiger partial charge in [0.15, 0.2) is 0 Å². The normalized spacial score (nSPS) is 14.1. The Morgan fingerprint density at radius 3 is 2.52 bits per heavy atom. The van der Waals surface area contributed by atoms with Crippen LogP contribution in [0.5, 0.6) is 0 Å². The molecule has 1 aliphatic rings. The maximum Gasteiger partial charge on any atom is 0.245 e. The van der Waals surface area contributed by atoms with Crippen molar-refractivity contribution in [2.75, 3.05) is 18.1 Å². The number of fused-ring (bicyclic) bond motifs is 1. The van der Waals surface area contributed by atoms with Crippen molar-refractivity contribution in [3.8, 4) is 6.07 Å². The zero-order valence-corrected chi connectivity index (χ0v) is 15.7. The third-order valence-corrected chi connectivity index (χ3v) is 5.23. The van der Waals surface area contributed by atoms with Crippen LogP contribution >= 0.6 is 0 Å². The highest BCUT2D eigenvalue weighted by Crippen LogP contribution is 2.32. The Bertz CT molecular complexity index is 1120. The molecule has 3 aromatic rings. The van der Waals surface area contributed by atoms with Crippen molar-refractivity contribution >= 4 is 22.4 Å². The zero-order valence-electron chi connectivity index (χ0n) is 15.7. The molecule has 1 aliphatic heterocycles. The third-order valence-electron chi connectivity index (χ3n) is 5.23. The van der Waals surface area contributed by atoms with Gasteiger partial charge >= 0.3 is 0 Å². The van der Waals surface area contributed by atoms with E-state index in [4.69, 9.17) is 0 Å². The summed E-state index contributed by atoms with van der Waals surface area (Å²) >= 11 is 0. The molecule has 0 bridgehead atoms. The van der Waals surface area contributed by atoms with Gasteiger partial charge in [-0.1, -0.05) is 30.3 Å². The molecule has 0 aliphatic carbocycles. The highest BCUT2D eigenvalue weighted by atomic mass is 19.1. The molecule has 1 fully saturated rings. The summed E-state index contributed by atoms with van der Waals surface area (Å²) in [6, 6.07) is 16.7. The zero-order chi connectivity index (χ0) is 20.4. The number of carbonyl (C=O) groups is 1. The summed E-state index contributed by atoms with van der Waals surface area (Å²) in [7, 11) is 0. The number of amides is 1. The number of hydrogen-bond acceptors (Lipinski definition) is 3. The Kier molecular flexibility index (Phi) is 5.13. The van der Waals surface area contributed by atoms with Crippen LogP contribution in [0.2, 0.25) is 0 Å². The first kappa shape index (κ1) is 18.9. The molecular formula is C23H19F2N3O. The van der Waals surface area contributed by atoms with E-state index in [0.717, 1.165) is 41.4 Å². The first-order chi connectivity index (χ1) is 14.1. The number of halogens is 2. The van der Waals surface area contributed by atoms with E-state index >= 15 is 0 Å².